The molecule has 1 aliphatic carbocycles. The SMILES string of the molecule is CC(C)NC(=O)CS(=O)(=O)CC1(CBr)CCCC1. The van der Waals surface area contributed by atoms with Gasteiger partial charge in [0.2, 0.25) is 5.91 Å². The monoisotopic (exact) mass is 339 g/mol. The fraction of sp³-hybridized carbons (Fsp3) is 0.917. The Labute approximate surface area is 118 Å². The van der Waals surface area contributed by atoms with Gasteiger partial charge in [0.05, 0.1) is 5.75 Å². The molecule has 1 amide bonds. The maximum atomic E-state index is 12.1. The first-order valence-corrected chi connectivity index (χ1v) is 9.29. The Balaban J connectivity index is 2.61. The van der Waals surface area contributed by atoms with E-state index in [4.69, 9.17) is 0 Å². The Morgan fingerprint density at radius 3 is 2.33 bits per heavy atom. The molecule has 106 valence electrons. The lowest BCUT2D eigenvalue weighted by Crippen LogP contribution is -2.38. The van der Waals surface area contributed by atoms with E-state index in [1.165, 1.54) is 0 Å². The molecule has 0 radical (unpaired) electrons. The van der Waals surface area contributed by atoms with Crippen LogP contribution in [0.25, 0.3) is 0 Å². The highest BCUT2D eigenvalue weighted by Crippen LogP contribution is 2.40. The van der Waals surface area contributed by atoms with Crippen molar-refractivity contribution < 1.29 is 13.2 Å². The lowest BCUT2D eigenvalue weighted by atomic mass is 9.92. The van der Waals surface area contributed by atoms with Gasteiger partial charge in [-0.25, -0.2) is 8.42 Å². The maximum Gasteiger partial charge on any atom is 0.235 e. The number of amides is 1. The summed E-state index contributed by atoms with van der Waals surface area (Å²) < 4.78 is 24.1. The van der Waals surface area contributed by atoms with Gasteiger partial charge in [0.1, 0.15) is 5.75 Å². The Bertz CT molecular complexity index is 386. The molecule has 18 heavy (non-hydrogen) atoms. The number of sulfone groups is 1. The van der Waals surface area contributed by atoms with E-state index in [1.807, 2.05) is 13.8 Å². The number of alkyl halides is 1. The quantitative estimate of drug-likeness (QED) is 0.751. The molecule has 1 N–H and O–H groups in total. The van der Waals surface area contributed by atoms with E-state index in [0.29, 0.717) is 5.33 Å². The topological polar surface area (TPSA) is 63.2 Å². The van der Waals surface area contributed by atoms with E-state index < -0.39 is 15.7 Å². The normalized spacial score (nSPS) is 19.1. The molecular formula is C12H22BrNO3S. The van der Waals surface area contributed by atoms with Crippen LogP contribution < -0.4 is 5.32 Å². The summed E-state index contributed by atoms with van der Waals surface area (Å²) >= 11 is 3.43. The summed E-state index contributed by atoms with van der Waals surface area (Å²) in [5.41, 5.74) is -0.156. The van der Waals surface area contributed by atoms with E-state index in [0.717, 1.165) is 25.7 Å². The highest BCUT2D eigenvalue weighted by atomic mass is 79.9. The third kappa shape index (κ3) is 4.88. The minimum absolute atomic E-state index is 0.0238. The van der Waals surface area contributed by atoms with Crippen LogP contribution in [0.3, 0.4) is 0 Å². The predicted octanol–water partition coefficient (Wildman–Crippen LogP) is 1.88. The number of carbonyl (C=O) groups excluding carboxylic acids is 1. The van der Waals surface area contributed by atoms with Crippen molar-refractivity contribution in [1.82, 2.24) is 5.32 Å². The third-order valence-corrected chi connectivity index (χ3v) is 6.22. The summed E-state index contributed by atoms with van der Waals surface area (Å²) in [5, 5.41) is 3.32. The van der Waals surface area contributed by atoms with Crippen LogP contribution in [0.1, 0.15) is 39.5 Å². The highest BCUT2D eigenvalue weighted by molar-refractivity contribution is 9.09. The smallest absolute Gasteiger partial charge is 0.235 e. The Morgan fingerprint density at radius 2 is 1.89 bits per heavy atom. The van der Waals surface area contributed by atoms with Gasteiger partial charge >= 0.3 is 0 Å². The molecule has 0 saturated heterocycles. The average Bonchev–Trinajstić information content (AvgIpc) is 2.63. The van der Waals surface area contributed by atoms with Gasteiger partial charge in [-0.2, -0.15) is 0 Å². The van der Waals surface area contributed by atoms with Gasteiger partial charge in [-0.05, 0) is 32.1 Å². The van der Waals surface area contributed by atoms with Crippen molar-refractivity contribution in [2.45, 2.75) is 45.6 Å². The zero-order valence-corrected chi connectivity index (χ0v) is 13.4. The molecule has 0 aliphatic heterocycles. The van der Waals surface area contributed by atoms with Crippen LogP contribution in [-0.2, 0) is 14.6 Å². The van der Waals surface area contributed by atoms with Crippen LogP contribution in [0.5, 0.6) is 0 Å². The molecule has 0 aromatic carbocycles. The molecule has 1 fully saturated rings. The van der Waals surface area contributed by atoms with E-state index in [-0.39, 0.29) is 23.0 Å². The first-order chi connectivity index (χ1) is 8.29. The first kappa shape index (κ1) is 16.0. The summed E-state index contributed by atoms with van der Waals surface area (Å²) in [5.74, 6) is -0.663. The predicted molar refractivity (Wildman–Crippen MR) is 76.6 cm³/mol. The van der Waals surface area contributed by atoms with Crippen LogP contribution in [0.2, 0.25) is 0 Å². The molecule has 0 heterocycles. The molecule has 0 aromatic rings. The fourth-order valence-corrected chi connectivity index (χ4v) is 5.45. The summed E-state index contributed by atoms with van der Waals surface area (Å²) in [6, 6.07) is -0.0238. The lowest BCUT2D eigenvalue weighted by Gasteiger charge is -2.25. The van der Waals surface area contributed by atoms with Crippen molar-refractivity contribution in [3.63, 3.8) is 0 Å². The molecule has 1 aliphatic rings. The second-order valence-electron chi connectivity index (χ2n) is 5.60. The number of halogens is 1. The highest BCUT2D eigenvalue weighted by Gasteiger charge is 2.37. The number of nitrogens with one attached hydrogen (secondary N) is 1. The molecule has 1 saturated carbocycles. The molecule has 0 bridgehead atoms. The number of hydrogen-bond donors (Lipinski definition) is 1. The first-order valence-electron chi connectivity index (χ1n) is 6.34. The second kappa shape index (κ2) is 6.37. The number of hydrogen-bond acceptors (Lipinski definition) is 3. The van der Waals surface area contributed by atoms with Gasteiger partial charge in [0, 0.05) is 11.4 Å². The van der Waals surface area contributed by atoms with Crippen LogP contribution in [0, 0.1) is 5.41 Å². The molecule has 6 heteroatoms. The van der Waals surface area contributed by atoms with Crippen molar-refractivity contribution >= 4 is 31.7 Å². The molecule has 0 aromatic heterocycles. The van der Waals surface area contributed by atoms with E-state index >= 15 is 0 Å². The van der Waals surface area contributed by atoms with Gasteiger partial charge in [-0.1, -0.05) is 28.8 Å². The number of rotatable bonds is 6. The molecular weight excluding hydrogens is 318 g/mol. The zero-order valence-electron chi connectivity index (χ0n) is 11.0. The summed E-state index contributed by atoms with van der Waals surface area (Å²) in [6.07, 6.45) is 4.03. The average molecular weight is 340 g/mol. The van der Waals surface area contributed by atoms with Crippen LogP contribution in [-0.4, -0.2) is 37.2 Å². The minimum atomic E-state index is -3.32. The standard InChI is InChI=1S/C12H22BrNO3S/c1-10(2)14-11(15)7-18(16,17)9-12(8-13)5-3-4-6-12/h10H,3-9H2,1-2H3,(H,14,15). The van der Waals surface area contributed by atoms with Gasteiger partial charge < -0.3 is 5.32 Å². The summed E-state index contributed by atoms with van der Waals surface area (Å²) in [4.78, 5) is 11.5. The zero-order chi connectivity index (χ0) is 13.8. The van der Waals surface area contributed by atoms with Crippen molar-refractivity contribution in [2.75, 3.05) is 16.8 Å². The van der Waals surface area contributed by atoms with Crippen molar-refractivity contribution in [1.29, 1.82) is 0 Å². The van der Waals surface area contributed by atoms with Gasteiger partial charge in [-0.15, -0.1) is 0 Å². The van der Waals surface area contributed by atoms with Gasteiger partial charge in [0.25, 0.3) is 0 Å². The Morgan fingerprint density at radius 1 is 1.33 bits per heavy atom. The maximum absolute atomic E-state index is 12.1. The summed E-state index contributed by atoms with van der Waals surface area (Å²) in [7, 11) is -3.32. The minimum Gasteiger partial charge on any atom is -0.353 e. The molecule has 1 rings (SSSR count). The van der Waals surface area contributed by atoms with Gasteiger partial charge in [0.15, 0.2) is 9.84 Å². The Hall–Kier alpha value is -0.100. The van der Waals surface area contributed by atoms with Crippen molar-refractivity contribution in [3.8, 4) is 0 Å². The van der Waals surface area contributed by atoms with E-state index in [1.54, 1.807) is 0 Å². The van der Waals surface area contributed by atoms with Crippen molar-refractivity contribution in [3.05, 3.63) is 0 Å². The number of carbonyl (C=O) groups is 1. The Kier molecular flexibility index (Phi) is 5.65. The van der Waals surface area contributed by atoms with E-state index in [2.05, 4.69) is 21.2 Å². The van der Waals surface area contributed by atoms with Crippen molar-refractivity contribution in [2.24, 2.45) is 5.41 Å². The van der Waals surface area contributed by atoms with E-state index in [9.17, 15) is 13.2 Å². The molecule has 0 atom stereocenters. The summed E-state index contributed by atoms with van der Waals surface area (Å²) in [6.45, 7) is 3.64. The fourth-order valence-electron chi connectivity index (χ4n) is 2.52. The van der Waals surface area contributed by atoms with Gasteiger partial charge in [-0.3, -0.25) is 4.79 Å². The lowest BCUT2D eigenvalue weighted by molar-refractivity contribution is -0.119. The molecule has 0 spiro atoms. The second-order valence-corrected chi connectivity index (χ2v) is 8.22. The molecule has 4 nitrogen and oxygen atoms in total. The van der Waals surface area contributed by atoms with Crippen LogP contribution in [0.4, 0.5) is 0 Å². The third-order valence-electron chi connectivity index (χ3n) is 3.27. The molecule has 0 unspecified atom stereocenters. The van der Waals surface area contributed by atoms with Crippen LogP contribution >= 0.6 is 15.9 Å². The van der Waals surface area contributed by atoms with Crippen LogP contribution in [0.15, 0.2) is 0 Å². The largest absolute Gasteiger partial charge is 0.353 e.